The fourth-order valence-corrected chi connectivity index (χ4v) is 2.22. The van der Waals surface area contributed by atoms with Crippen LogP contribution in [0.1, 0.15) is 32.1 Å². The van der Waals surface area contributed by atoms with Gasteiger partial charge in [-0.05, 0) is 38.3 Å². The molecule has 0 heterocycles. The van der Waals surface area contributed by atoms with E-state index in [1.807, 2.05) is 0 Å². The lowest BCUT2D eigenvalue weighted by atomic mass is 10.1. The summed E-state index contributed by atoms with van der Waals surface area (Å²) in [5.41, 5.74) is 0. The van der Waals surface area contributed by atoms with E-state index in [0.717, 1.165) is 32.5 Å². The van der Waals surface area contributed by atoms with E-state index < -0.39 is 5.92 Å². The minimum absolute atomic E-state index is 0.0557. The van der Waals surface area contributed by atoms with Crippen LogP contribution < -0.4 is 5.32 Å². The fourth-order valence-electron chi connectivity index (χ4n) is 2.22. The van der Waals surface area contributed by atoms with Crippen LogP contribution in [0.15, 0.2) is 0 Å². The summed E-state index contributed by atoms with van der Waals surface area (Å²) in [6, 6.07) is 0. The third-order valence-corrected chi connectivity index (χ3v) is 3.26. The number of halogens is 2. The number of unbranched alkanes of at least 4 members (excludes halogenated alkanes) is 1. The number of hydrogen-bond acceptors (Lipinski definition) is 3. The minimum atomic E-state index is -2.42. The molecular weight excluding hydrogens is 240 g/mol. The van der Waals surface area contributed by atoms with Gasteiger partial charge in [-0.15, -0.1) is 0 Å². The maximum Gasteiger partial charge on any atom is 0.248 e. The molecule has 1 aliphatic rings. The van der Waals surface area contributed by atoms with E-state index in [0.29, 0.717) is 19.6 Å². The molecule has 0 aromatic rings. The third kappa shape index (κ3) is 7.24. The molecule has 5 heteroatoms. The van der Waals surface area contributed by atoms with Crippen molar-refractivity contribution in [2.75, 3.05) is 40.0 Å². The number of ether oxygens (including phenoxy) is 2. The molecule has 1 aliphatic carbocycles. The van der Waals surface area contributed by atoms with Gasteiger partial charge in [-0.1, -0.05) is 0 Å². The first-order valence-corrected chi connectivity index (χ1v) is 6.79. The smallest absolute Gasteiger partial charge is 0.248 e. The van der Waals surface area contributed by atoms with Gasteiger partial charge in [0.25, 0.3) is 0 Å². The molecule has 0 amide bonds. The van der Waals surface area contributed by atoms with Crippen LogP contribution in [0, 0.1) is 5.92 Å². The predicted octanol–water partition coefficient (Wildman–Crippen LogP) is 2.45. The SMILES string of the molecule is COCCOCCCCNCC1CCC(F)(F)C1. The summed E-state index contributed by atoms with van der Waals surface area (Å²) in [5.74, 6) is -2.26. The van der Waals surface area contributed by atoms with Crippen LogP contribution in [-0.4, -0.2) is 45.9 Å². The lowest BCUT2D eigenvalue weighted by molar-refractivity contribution is 0.00509. The van der Waals surface area contributed by atoms with Gasteiger partial charge >= 0.3 is 0 Å². The summed E-state index contributed by atoms with van der Waals surface area (Å²) in [6.45, 7) is 3.62. The average Bonchev–Trinajstić information content (AvgIpc) is 2.67. The largest absolute Gasteiger partial charge is 0.382 e. The molecule has 1 saturated carbocycles. The Morgan fingerprint density at radius 3 is 2.72 bits per heavy atom. The molecule has 0 aromatic carbocycles. The normalized spacial score (nSPS) is 22.5. The Hall–Kier alpha value is -0.260. The Labute approximate surface area is 108 Å². The van der Waals surface area contributed by atoms with E-state index >= 15 is 0 Å². The summed E-state index contributed by atoms with van der Waals surface area (Å²) in [7, 11) is 1.65. The monoisotopic (exact) mass is 265 g/mol. The molecule has 0 aromatic heterocycles. The molecule has 0 radical (unpaired) electrons. The first kappa shape index (κ1) is 15.8. The Balaban J connectivity index is 1.82. The number of rotatable bonds is 10. The molecule has 0 saturated heterocycles. The van der Waals surface area contributed by atoms with E-state index in [1.165, 1.54) is 0 Å². The van der Waals surface area contributed by atoms with Gasteiger partial charge < -0.3 is 14.8 Å². The second-order valence-electron chi connectivity index (χ2n) is 4.98. The van der Waals surface area contributed by atoms with Gasteiger partial charge in [0, 0.05) is 26.6 Å². The molecule has 108 valence electrons. The van der Waals surface area contributed by atoms with Gasteiger partial charge in [0.05, 0.1) is 13.2 Å². The summed E-state index contributed by atoms with van der Waals surface area (Å²) in [6.07, 6.45) is 2.79. The Kier molecular flexibility index (Phi) is 7.70. The van der Waals surface area contributed by atoms with Crippen LogP contribution in [0.3, 0.4) is 0 Å². The van der Waals surface area contributed by atoms with Crippen molar-refractivity contribution in [1.82, 2.24) is 5.32 Å². The average molecular weight is 265 g/mol. The second kappa shape index (κ2) is 8.77. The van der Waals surface area contributed by atoms with Crippen molar-refractivity contribution in [3.8, 4) is 0 Å². The number of methoxy groups -OCH3 is 1. The highest BCUT2D eigenvalue weighted by Gasteiger charge is 2.38. The standard InChI is InChI=1S/C13H25F2NO2/c1-17-8-9-18-7-3-2-6-16-11-12-4-5-13(14,15)10-12/h12,16H,2-11H2,1H3. The van der Waals surface area contributed by atoms with Crippen LogP contribution in [0.5, 0.6) is 0 Å². The van der Waals surface area contributed by atoms with E-state index in [9.17, 15) is 8.78 Å². The third-order valence-electron chi connectivity index (χ3n) is 3.26. The van der Waals surface area contributed by atoms with Crippen molar-refractivity contribution < 1.29 is 18.3 Å². The van der Waals surface area contributed by atoms with Crippen molar-refractivity contribution in [3.63, 3.8) is 0 Å². The zero-order valence-corrected chi connectivity index (χ0v) is 11.2. The Bertz CT molecular complexity index is 215. The summed E-state index contributed by atoms with van der Waals surface area (Å²) >= 11 is 0. The summed E-state index contributed by atoms with van der Waals surface area (Å²) < 4.78 is 36.0. The molecule has 0 aliphatic heterocycles. The minimum Gasteiger partial charge on any atom is -0.382 e. The zero-order valence-electron chi connectivity index (χ0n) is 11.2. The highest BCUT2D eigenvalue weighted by atomic mass is 19.3. The number of nitrogens with one attached hydrogen (secondary N) is 1. The van der Waals surface area contributed by atoms with Crippen LogP contribution >= 0.6 is 0 Å². The van der Waals surface area contributed by atoms with Crippen LogP contribution in [0.2, 0.25) is 0 Å². The highest BCUT2D eigenvalue weighted by Crippen LogP contribution is 2.38. The Morgan fingerprint density at radius 2 is 2.06 bits per heavy atom. The van der Waals surface area contributed by atoms with Gasteiger partial charge in [-0.3, -0.25) is 0 Å². The first-order valence-electron chi connectivity index (χ1n) is 6.79. The zero-order chi connectivity index (χ0) is 13.3. The molecular formula is C13H25F2NO2. The first-order chi connectivity index (χ1) is 8.64. The lowest BCUT2D eigenvalue weighted by Crippen LogP contribution is -2.23. The van der Waals surface area contributed by atoms with Crippen molar-refractivity contribution >= 4 is 0 Å². The van der Waals surface area contributed by atoms with Crippen molar-refractivity contribution in [3.05, 3.63) is 0 Å². The van der Waals surface area contributed by atoms with Gasteiger partial charge in [-0.2, -0.15) is 0 Å². The topological polar surface area (TPSA) is 30.5 Å². The maximum atomic E-state index is 12.9. The molecule has 1 unspecified atom stereocenters. The Morgan fingerprint density at radius 1 is 1.22 bits per heavy atom. The quantitative estimate of drug-likeness (QED) is 0.615. The highest BCUT2D eigenvalue weighted by molar-refractivity contribution is 4.82. The number of hydrogen-bond donors (Lipinski definition) is 1. The van der Waals surface area contributed by atoms with Crippen LogP contribution in [0.4, 0.5) is 8.78 Å². The number of alkyl halides is 2. The van der Waals surface area contributed by atoms with Crippen LogP contribution in [-0.2, 0) is 9.47 Å². The van der Waals surface area contributed by atoms with Gasteiger partial charge in [-0.25, -0.2) is 8.78 Å². The molecule has 0 bridgehead atoms. The van der Waals surface area contributed by atoms with Crippen molar-refractivity contribution in [1.29, 1.82) is 0 Å². The fraction of sp³-hybridized carbons (Fsp3) is 1.00. The summed E-state index contributed by atoms with van der Waals surface area (Å²) in [5, 5.41) is 3.25. The molecule has 1 N–H and O–H groups in total. The van der Waals surface area contributed by atoms with Crippen molar-refractivity contribution in [2.45, 2.75) is 38.0 Å². The van der Waals surface area contributed by atoms with Crippen LogP contribution in [0.25, 0.3) is 0 Å². The van der Waals surface area contributed by atoms with Crippen molar-refractivity contribution in [2.24, 2.45) is 5.92 Å². The second-order valence-corrected chi connectivity index (χ2v) is 4.98. The van der Waals surface area contributed by atoms with E-state index in [1.54, 1.807) is 7.11 Å². The van der Waals surface area contributed by atoms with Gasteiger partial charge in [0.2, 0.25) is 5.92 Å². The van der Waals surface area contributed by atoms with E-state index in [4.69, 9.17) is 9.47 Å². The maximum absolute atomic E-state index is 12.9. The molecule has 1 rings (SSSR count). The molecule has 1 atom stereocenters. The van der Waals surface area contributed by atoms with Gasteiger partial charge in [0.1, 0.15) is 0 Å². The molecule has 0 spiro atoms. The predicted molar refractivity (Wildman–Crippen MR) is 67.1 cm³/mol. The summed E-state index contributed by atoms with van der Waals surface area (Å²) in [4.78, 5) is 0. The molecule has 18 heavy (non-hydrogen) atoms. The van der Waals surface area contributed by atoms with E-state index in [2.05, 4.69) is 5.32 Å². The molecule has 1 fully saturated rings. The lowest BCUT2D eigenvalue weighted by Gasteiger charge is -2.11. The van der Waals surface area contributed by atoms with E-state index in [-0.39, 0.29) is 18.8 Å². The molecule has 3 nitrogen and oxygen atoms in total. The van der Waals surface area contributed by atoms with Gasteiger partial charge in [0.15, 0.2) is 0 Å².